The summed E-state index contributed by atoms with van der Waals surface area (Å²) in [6.45, 7) is 1.44. The van der Waals surface area contributed by atoms with E-state index >= 15 is 0 Å². The van der Waals surface area contributed by atoms with E-state index in [-0.39, 0.29) is 22.8 Å². The Morgan fingerprint density at radius 3 is 2.72 bits per heavy atom. The van der Waals surface area contributed by atoms with Gasteiger partial charge < -0.3 is 21.1 Å². The van der Waals surface area contributed by atoms with Gasteiger partial charge in [0.1, 0.15) is 11.9 Å². The van der Waals surface area contributed by atoms with E-state index in [1.807, 2.05) is 0 Å². The highest BCUT2D eigenvalue weighted by molar-refractivity contribution is 8.13. The van der Waals surface area contributed by atoms with Crippen molar-refractivity contribution < 1.29 is 20.1 Å². The SMILES string of the molecule is CC(=O)SCCC(O)C(O)c1cc(N)ccc1O. The van der Waals surface area contributed by atoms with E-state index in [2.05, 4.69) is 0 Å². The van der Waals surface area contributed by atoms with Crippen molar-refractivity contribution in [2.24, 2.45) is 0 Å². The van der Waals surface area contributed by atoms with Gasteiger partial charge in [-0.1, -0.05) is 11.8 Å². The van der Waals surface area contributed by atoms with Crippen LogP contribution in [0.3, 0.4) is 0 Å². The van der Waals surface area contributed by atoms with Crippen LogP contribution in [0.1, 0.15) is 25.0 Å². The Morgan fingerprint density at radius 1 is 1.44 bits per heavy atom. The second kappa shape index (κ2) is 6.63. The van der Waals surface area contributed by atoms with Crippen LogP contribution in [0.5, 0.6) is 5.75 Å². The molecule has 6 heteroatoms. The lowest BCUT2D eigenvalue weighted by molar-refractivity contribution is -0.109. The van der Waals surface area contributed by atoms with Crippen LogP contribution < -0.4 is 5.73 Å². The van der Waals surface area contributed by atoms with E-state index in [0.717, 1.165) is 11.8 Å². The van der Waals surface area contributed by atoms with Gasteiger partial charge in [0, 0.05) is 23.9 Å². The number of hydrogen-bond acceptors (Lipinski definition) is 6. The number of aliphatic hydroxyl groups is 2. The highest BCUT2D eigenvalue weighted by atomic mass is 32.2. The largest absolute Gasteiger partial charge is 0.508 e. The summed E-state index contributed by atoms with van der Waals surface area (Å²) in [6, 6.07) is 4.29. The van der Waals surface area contributed by atoms with Gasteiger partial charge in [-0.25, -0.2) is 0 Å². The maximum Gasteiger partial charge on any atom is 0.185 e. The molecule has 0 saturated heterocycles. The maximum absolute atomic E-state index is 10.7. The van der Waals surface area contributed by atoms with Crippen LogP contribution in [0.2, 0.25) is 0 Å². The lowest BCUT2D eigenvalue weighted by Crippen LogP contribution is -2.19. The minimum absolute atomic E-state index is 0.0384. The molecule has 0 bridgehead atoms. The van der Waals surface area contributed by atoms with Gasteiger partial charge in [-0.15, -0.1) is 0 Å². The first-order valence-corrected chi connectivity index (χ1v) is 6.48. The van der Waals surface area contributed by atoms with Crippen molar-refractivity contribution in [2.45, 2.75) is 25.6 Å². The van der Waals surface area contributed by atoms with E-state index < -0.39 is 12.2 Å². The molecule has 0 aliphatic heterocycles. The zero-order valence-corrected chi connectivity index (χ0v) is 10.9. The summed E-state index contributed by atoms with van der Waals surface area (Å²) in [7, 11) is 0. The predicted molar refractivity (Wildman–Crippen MR) is 71.2 cm³/mol. The first-order chi connectivity index (χ1) is 8.41. The molecule has 0 spiro atoms. The number of nitrogens with two attached hydrogens (primary N) is 1. The standard InChI is InChI=1S/C12H17NO4S/c1-7(14)18-5-4-11(16)12(17)9-6-8(13)2-3-10(9)15/h2-3,6,11-12,15-17H,4-5,13H2,1H3. The van der Waals surface area contributed by atoms with Crippen molar-refractivity contribution in [3.63, 3.8) is 0 Å². The summed E-state index contributed by atoms with van der Waals surface area (Å²) in [6.07, 6.45) is -2.02. The predicted octanol–water partition coefficient (Wildman–Crippen LogP) is 1.04. The van der Waals surface area contributed by atoms with E-state index in [1.54, 1.807) is 0 Å². The first-order valence-electron chi connectivity index (χ1n) is 5.49. The average molecular weight is 271 g/mol. The smallest absolute Gasteiger partial charge is 0.185 e. The number of anilines is 1. The van der Waals surface area contributed by atoms with E-state index in [0.29, 0.717) is 11.4 Å². The minimum atomic E-state index is -1.22. The third-order valence-electron chi connectivity index (χ3n) is 2.45. The number of carbonyl (C=O) groups excluding carboxylic acids is 1. The van der Waals surface area contributed by atoms with E-state index in [1.165, 1.54) is 25.1 Å². The van der Waals surface area contributed by atoms with Crippen molar-refractivity contribution in [3.05, 3.63) is 23.8 Å². The first kappa shape index (κ1) is 14.8. The number of rotatable bonds is 5. The molecule has 0 fully saturated rings. The summed E-state index contributed by atoms with van der Waals surface area (Å²) >= 11 is 1.08. The molecule has 0 aliphatic carbocycles. The summed E-state index contributed by atoms with van der Waals surface area (Å²) in [5.74, 6) is 0.298. The number of benzene rings is 1. The van der Waals surface area contributed by atoms with E-state index in [9.17, 15) is 20.1 Å². The lowest BCUT2D eigenvalue weighted by atomic mass is 10.0. The molecule has 1 aromatic rings. The van der Waals surface area contributed by atoms with Crippen LogP contribution >= 0.6 is 11.8 Å². The number of thioether (sulfide) groups is 1. The normalized spacial score (nSPS) is 14.2. The molecule has 18 heavy (non-hydrogen) atoms. The molecule has 0 aromatic heterocycles. The van der Waals surface area contributed by atoms with Gasteiger partial charge in [0.25, 0.3) is 0 Å². The Kier molecular flexibility index (Phi) is 5.46. The molecule has 0 radical (unpaired) electrons. The summed E-state index contributed by atoms with van der Waals surface area (Å²) < 4.78 is 0. The second-order valence-electron chi connectivity index (χ2n) is 3.96. The Bertz CT molecular complexity index is 425. The monoisotopic (exact) mass is 271 g/mol. The van der Waals surface area contributed by atoms with Crippen LogP contribution in [-0.2, 0) is 4.79 Å². The molecule has 5 nitrogen and oxygen atoms in total. The summed E-state index contributed by atoms with van der Waals surface area (Å²) in [5, 5.41) is 29.2. The number of hydrogen-bond donors (Lipinski definition) is 4. The van der Waals surface area contributed by atoms with Crippen LogP contribution in [0.4, 0.5) is 5.69 Å². The second-order valence-corrected chi connectivity index (χ2v) is 5.23. The number of carbonyl (C=O) groups is 1. The Morgan fingerprint density at radius 2 is 2.11 bits per heavy atom. The number of phenolic OH excluding ortho intramolecular Hbond substituents is 1. The molecule has 2 unspecified atom stereocenters. The molecule has 1 rings (SSSR count). The molecule has 0 aliphatic rings. The van der Waals surface area contributed by atoms with Crippen molar-refractivity contribution >= 4 is 22.6 Å². The fourth-order valence-electron chi connectivity index (χ4n) is 1.50. The van der Waals surface area contributed by atoms with Crippen LogP contribution in [0.25, 0.3) is 0 Å². The number of nitrogen functional groups attached to an aromatic ring is 1. The number of phenols is 1. The fourth-order valence-corrected chi connectivity index (χ4v) is 2.15. The fraction of sp³-hybridized carbons (Fsp3) is 0.417. The molecule has 0 saturated carbocycles. The number of aromatic hydroxyl groups is 1. The van der Waals surface area contributed by atoms with Crippen LogP contribution in [-0.4, -0.2) is 32.3 Å². The zero-order valence-electron chi connectivity index (χ0n) is 10.0. The lowest BCUT2D eigenvalue weighted by Gasteiger charge is -2.19. The molecular formula is C12H17NO4S. The highest BCUT2D eigenvalue weighted by Crippen LogP contribution is 2.29. The third kappa shape index (κ3) is 4.21. The van der Waals surface area contributed by atoms with Gasteiger partial charge in [0.15, 0.2) is 5.12 Å². The molecular weight excluding hydrogens is 254 g/mol. The molecule has 0 heterocycles. The van der Waals surface area contributed by atoms with Crippen molar-refractivity contribution in [1.29, 1.82) is 0 Å². The van der Waals surface area contributed by atoms with Gasteiger partial charge in [0.2, 0.25) is 0 Å². The van der Waals surface area contributed by atoms with Crippen molar-refractivity contribution in [3.8, 4) is 5.75 Å². The van der Waals surface area contributed by atoms with Gasteiger partial charge in [0.05, 0.1) is 6.10 Å². The van der Waals surface area contributed by atoms with Crippen molar-refractivity contribution in [1.82, 2.24) is 0 Å². The van der Waals surface area contributed by atoms with Crippen LogP contribution in [0.15, 0.2) is 18.2 Å². The van der Waals surface area contributed by atoms with Gasteiger partial charge in [-0.05, 0) is 24.6 Å². The number of aliphatic hydroxyl groups excluding tert-OH is 2. The Hall–Kier alpha value is -1.24. The van der Waals surface area contributed by atoms with Gasteiger partial charge >= 0.3 is 0 Å². The summed E-state index contributed by atoms with van der Waals surface area (Å²) in [4.78, 5) is 10.7. The van der Waals surface area contributed by atoms with Gasteiger partial charge in [-0.2, -0.15) is 0 Å². The minimum Gasteiger partial charge on any atom is -0.508 e. The zero-order chi connectivity index (χ0) is 13.7. The topological polar surface area (TPSA) is 104 Å². The molecule has 5 N–H and O–H groups in total. The quantitative estimate of drug-likeness (QED) is 0.471. The van der Waals surface area contributed by atoms with Crippen molar-refractivity contribution in [2.75, 3.05) is 11.5 Å². The van der Waals surface area contributed by atoms with Gasteiger partial charge in [-0.3, -0.25) is 4.79 Å². The Labute approximate surface area is 110 Å². The van der Waals surface area contributed by atoms with E-state index in [4.69, 9.17) is 5.73 Å². The average Bonchev–Trinajstić information content (AvgIpc) is 2.30. The molecule has 1 aromatic carbocycles. The molecule has 100 valence electrons. The highest BCUT2D eigenvalue weighted by Gasteiger charge is 2.21. The Balaban J connectivity index is 2.64. The molecule has 0 amide bonds. The molecule has 2 atom stereocenters. The third-order valence-corrected chi connectivity index (χ3v) is 3.30. The summed E-state index contributed by atoms with van der Waals surface area (Å²) in [5.41, 5.74) is 6.14. The maximum atomic E-state index is 10.7. The van der Waals surface area contributed by atoms with Crippen LogP contribution in [0, 0.1) is 0 Å².